The topological polar surface area (TPSA) is 101 Å². The third-order valence-electron chi connectivity index (χ3n) is 3.17. The predicted octanol–water partition coefficient (Wildman–Crippen LogP) is 3.29. The van der Waals surface area contributed by atoms with E-state index < -0.39 is 12.1 Å². The Balaban J connectivity index is 1.76. The fraction of sp³-hybridized carbons (Fsp3) is 0.105. The first kappa shape index (κ1) is 18.6. The number of nitrogens with zero attached hydrogens (tertiary/aromatic N) is 2. The average Bonchev–Trinajstić information content (AvgIpc) is 2.66. The van der Waals surface area contributed by atoms with Crippen molar-refractivity contribution in [2.75, 3.05) is 11.9 Å². The minimum absolute atomic E-state index is 0.0522. The van der Waals surface area contributed by atoms with Gasteiger partial charge in [-0.25, -0.2) is 9.59 Å². The van der Waals surface area contributed by atoms with E-state index >= 15 is 0 Å². The first-order valence-electron chi connectivity index (χ1n) is 7.76. The fourth-order valence-electron chi connectivity index (χ4n) is 1.95. The summed E-state index contributed by atoms with van der Waals surface area (Å²) in [7, 11) is 0. The smallest absolute Gasteiger partial charge is 0.413 e. The number of carbonyl (C=O) groups is 2. The molecule has 0 saturated heterocycles. The van der Waals surface area contributed by atoms with Crippen molar-refractivity contribution in [3.8, 4) is 0 Å². The maximum atomic E-state index is 11.8. The molecule has 1 amide bonds. The van der Waals surface area contributed by atoms with Gasteiger partial charge in [-0.05, 0) is 29.3 Å². The van der Waals surface area contributed by atoms with Crippen molar-refractivity contribution < 1.29 is 23.9 Å². The molecule has 0 fully saturated rings. The van der Waals surface area contributed by atoms with Crippen molar-refractivity contribution in [2.24, 2.45) is 0 Å². The van der Waals surface area contributed by atoms with Crippen molar-refractivity contribution in [2.45, 2.75) is 6.61 Å². The molecule has 7 heteroatoms. The van der Waals surface area contributed by atoms with Crippen LogP contribution < -0.4 is 5.32 Å². The van der Waals surface area contributed by atoms with Crippen molar-refractivity contribution >= 4 is 30.0 Å². The largest absolute Gasteiger partial charge is 0.453 e. The van der Waals surface area contributed by atoms with Crippen LogP contribution in [0.1, 0.15) is 11.1 Å². The molecule has 0 unspecified atom stereocenters. The number of carbonyl (C=O) groups excluding carboxylic acids is 2. The predicted molar refractivity (Wildman–Crippen MR) is 96.4 cm³/mol. The first-order valence-corrected chi connectivity index (χ1v) is 7.76. The molecule has 132 valence electrons. The van der Waals surface area contributed by atoms with E-state index in [0.29, 0.717) is 11.9 Å². The fourth-order valence-corrected chi connectivity index (χ4v) is 1.95. The van der Waals surface area contributed by atoms with Crippen LogP contribution in [0.5, 0.6) is 0 Å². The molecular formula is C19H17N3O4. The van der Waals surface area contributed by atoms with Gasteiger partial charge in [-0.1, -0.05) is 48.5 Å². The lowest BCUT2D eigenvalue weighted by molar-refractivity contribution is -0.137. The molecule has 2 aromatic carbocycles. The molecule has 0 aliphatic carbocycles. The Bertz CT molecular complexity index is 810. The lowest BCUT2D eigenvalue weighted by Gasteiger charge is -2.07. The molecule has 7 nitrogen and oxygen atoms in total. The molecule has 0 atom stereocenters. The molecule has 2 rings (SSSR count). The van der Waals surface area contributed by atoms with Crippen LogP contribution in [0.4, 0.5) is 10.5 Å². The minimum Gasteiger partial charge on any atom is -0.453 e. The Morgan fingerprint density at radius 2 is 1.77 bits per heavy atom. The highest BCUT2D eigenvalue weighted by atomic mass is 16.5. The zero-order valence-corrected chi connectivity index (χ0v) is 13.9. The van der Waals surface area contributed by atoms with E-state index in [2.05, 4.69) is 10.1 Å². The van der Waals surface area contributed by atoms with E-state index in [9.17, 15) is 9.59 Å². The van der Waals surface area contributed by atoms with Crippen LogP contribution in [0.25, 0.3) is 11.6 Å². The third-order valence-corrected chi connectivity index (χ3v) is 3.17. The number of ether oxygens (including phenoxy) is 2. The van der Waals surface area contributed by atoms with Gasteiger partial charge < -0.3 is 15.0 Å². The van der Waals surface area contributed by atoms with E-state index in [0.717, 1.165) is 11.1 Å². The van der Waals surface area contributed by atoms with Gasteiger partial charge in [0.05, 0.1) is 0 Å². The van der Waals surface area contributed by atoms with Crippen LogP contribution >= 0.6 is 0 Å². The highest BCUT2D eigenvalue weighted by Crippen LogP contribution is 2.11. The minimum atomic E-state index is -0.731. The van der Waals surface area contributed by atoms with Gasteiger partial charge in [-0.15, -0.1) is 0 Å². The summed E-state index contributed by atoms with van der Waals surface area (Å²) in [5, 5.41) is 2.64. The molecule has 2 aromatic rings. The molecule has 0 radical (unpaired) electrons. The second-order valence-electron chi connectivity index (χ2n) is 5.09. The summed E-state index contributed by atoms with van der Waals surface area (Å²) in [6.45, 7) is 0.254. The summed E-state index contributed by atoms with van der Waals surface area (Å²) < 4.78 is 9.88. The van der Waals surface area contributed by atoms with E-state index in [-0.39, 0.29) is 13.2 Å². The maximum Gasteiger partial charge on any atom is 0.413 e. The summed E-state index contributed by atoms with van der Waals surface area (Å²) in [5.41, 5.74) is 10.5. The lowest BCUT2D eigenvalue weighted by atomic mass is 10.2. The number of anilines is 1. The number of nitrogens with one attached hydrogen (secondary N) is 1. The summed E-state index contributed by atoms with van der Waals surface area (Å²) in [5.74, 6) is -0.731. The van der Waals surface area contributed by atoms with Gasteiger partial charge in [-0.2, -0.15) is 4.79 Å². The Morgan fingerprint density at radius 1 is 1.04 bits per heavy atom. The van der Waals surface area contributed by atoms with Crippen molar-refractivity contribution in [1.82, 2.24) is 0 Å². The molecule has 0 saturated carbocycles. The molecule has 0 aliphatic heterocycles. The highest BCUT2D eigenvalue weighted by molar-refractivity contribution is 6.20. The standard InChI is InChI=1S/C19H17N3O4/c20-21-13-18(23)25-12-4-7-15-8-10-17(11-9-15)22-19(24)26-14-16-5-2-1-3-6-16/h1-11,13H,12,14H2,(H,22,24). The van der Waals surface area contributed by atoms with Crippen LogP contribution in [0.2, 0.25) is 0 Å². The monoisotopic (exact) mass is 351 g/mol. The molecule has 0 spiro atoms. The highest BCUT2D eigenvalue weighted by Gasteiger charge is 2.03. The molecule has 1 N–H and O–H groups in total. The third kappa shape index (κ3) is 6.82. The zero-order valence-electron chi connectivity index (χ0n) is 13.9. The van der Waals surface area contributed by atoms with Crippen molar-refractivity contribution in [1.29, 1.82) is 0 Å². The van der Waals surface area contributed by atoms with Crippen molar-refractivity contribution in [3.05, 3.63) is 77.3 Å². The second kappa shape index (κ2) is 10.2. The summed E-state index contributed by atoms with van der Waals surface area (Å²) >= 11 is 0. The van der Waals surface area contributed by atoms with E-state index in [4.69, 9.17) is 15.0 Å². The van der Waals surface area contributed by atoms with Crippen LogP contribution in [0.15, 0.2) is 60.7 Å². The van der Waals surface area contributed by atoms with Gasteiger partial charge in [0, 0.05) is 5.69 Å². The van der Waals surface area contributed by atoms with Gasteiger partial charge in [0.15, 0.2) is 0 Å². The summed E-state index contributed by atoms with van der Waals surface area (Å²) in [6, 6.07) is 16.5. The Morgan fingerprint density at radius 3 is 2.46 bits per heavy atom. The van der Waals surface area contributed by atoms with Gasteiger partial charge >= 0.3 is 18.3 Å². The van der Waals surface area contributed by atoms with E-state index in [1.807, 2.05) is 30.3 Å². The van der Waals surface area contributed by atoms with Crippen molar-refractivity contribution in [3.63, 3.8) is 0 Å². The number of esters is 1. The Kier molecular flexibility index (Phi) is 7.33. The van der Waals surface area contributed by atoms with Crippen LogP contribution in [0.3, 0.4) is 0 Å². The summed E-state index contributed by atoms with van der Waals surface area (Å²) in [6.07, 6.45) is 3.53. The van der Waals surface area contributed by atoms with Crippen LogP contribution in [0, 0.1) is 0 Å². The number of hydrogen-bond donors (Lipinski definition) is 1. The molecule has 26 heavy (non-hydrogen) atoms. The molecule has 0 aromatic heterocycles. The number of benzene rings is 2. The van der Waals surface area contributed by atoms with E-state index in [1.54, 1.807) is 36.4 Å². The van der Waals surface area contributed by atoms with E-state index in [1.165, 1.54) is 0 Å². The van der Waals surface area contributed by atoms with Gasteiger partial charge in [-0.3, -0.25) is 5.32 Å². The molecule has 0 heterocycles. The average molecular weight is 351 g/mol. The maximum absolute atomic E-state index is 11.8. The van der Waals surface area contributed by atoms with Gasteiger partial charge in [0.25, 0.3) is 0 Å². The van der Waals surface area contributed by atoms with Gasteiger partial charge in [0.2, 0.25) is 0 Å². The normalized spacial score (nSPS) is 10.0. The molecule has 0 aliphatic rings. The van der Waals surface area contributed by atoms with Crippen LogP contribution in [-0.2, 0) is 20.9 Å². The quantitative estimate of drug-likeness (QED) is 0.358. The van der Waals surface area contributed by atoms with Gasteiger partial charge in [0.1, 0.15) is 13.2 Å². The lowest BCUT2D eigenvalue weighted by Crippen LogP contribution is -2.13. The Labute approximate surface area is 150 Å². The number of hydrogen-bond acceptors (Lipinski definition) is 4. The molecular weight excluding hydrogens is 334 g/mol. The number of amides is 1. The molecule has 0 bridgehead atoms. The summed E-state index contributed by atoms with van der Waals surface area (Å²) in [4.78, 5) is 25.3. The first-order chi connectivity index (χ1) is 12.7. The van der Waals surface area contributed by atoms with Crippen LogP contribution in [-0.4, -0.2) is 29.7 Å². The Hall–Kier alpha value is -3.70. The zero-order chi connectivity index (χ0) is 18.6. The SMILES string of the molecule is [N-]=[N+]=CC(=O)OCC=Cc1ccc(NC(=O)OCc2ccccc2)cc1. The second-order valence-corrected chi connectivity index (χ2v) is 5.09. The number of rotatable bonds is 7.